The lowest BCUT2D eigenvalue weighted by Gasteiger charge is -2.07. The molecule has 0 aliphatic rings. The molecule has 2 aromatic rings. The lowest BCUT2D eigenvalue weighted by Crippen LogP contribution is -2.04. The first-order valence-electron chi connectivity index (χ1n) is 4.90. The van der Waals surface area contributed by atoms with E-state index in [0.717, 1.165) is 6.07 Å². The van der Waals surface area contributed by atoms with Crippen molar-refractivity contribution in [1.82, 2.24) is 0 Å². The van der Waals surface area contributed by atoms with E-state index in [1.54, 1.807) is 0 Å². The maximum absolute atomic E-state index is 13.8. The molecule has 0 fully saturated rings. The van der Waals surface area contributed by atoms with Gasteiger partial charge in [0.05, 0.1) is 5.56 Å². The molecule has 3 nitrogen and oxygen atoms in total. The maximum atomic E-state index is 13.8. The van der Waals surface area contributed by atoms with Crippen molar-refractivity contribution in [2.45, 2.75) is 6.61 Å². The number of alkyl halides is 2. The molecule has 0 radical (unpaired) electrons. The summed E-state index contributed by atoms with van der Waals surface area (Å²) in [7, 11) is 0. The van der Waals surface area contributed by atoms with Crippen LogP contribution in [0.1, 0.15) is 10.6 Å². The first kappa shape index (κ1) is 12.2. The first-order valence-corrected chi connectivity index (χ1v) is 4.90. The number of rotatable bonds is 4. The fourth-order valence-corrected chi connectivity index (χ4v) is 1.45. The van der Waals surface area contributed by atoms with Crippen LogP contribution in [0, 0.1) is 5.82 Å². The van der Waals surface area contributed by atoms with Crippen LogP contribution in [-0.2, 0) is 0 Å². The van der Waals surface area contributed by atoms with Gasteiger partial charge in [0.25, 0.3) is 0 Å². The number of carbonyl (C=O) groups excluding carboxylic acids is 1. The number of benzene rings is 1. The second-order valence-electron chi connectivity index (χ2n) is 3.32. The summed E-state index contributed by atoms with van der Waals surface area (Å²) in [4.78, 5) is 10.4. The molecule has 0 N–H and O–H groups in total. The lowest BCUT2D eigenvalue weighted by atomic mass is 10.1. The minimum absolute atomic E-state index is 0.0181. The van der Waals surface area contributed by atoms with Crippen LogP contribution in [0.25, 0.3) is 11.3 Å². The fourth-order valence-electron chi connectivity index (χ4n) is 1.45. The third kappa shape index (κ3) is 2.37. The Labute approximate surface area is 99.8 Å². The Hall–Kier alpha value is -2.24. The van der Waals surface area contributed by atoms with E-state index in [0.29, 0.717) is 6.29 Å². The van der Waals surface area contributed by atoms with Gasteiger partial charge in [-0.2, -0.15) is 8.78 Å². The largest absolute Gasteiger partial charge is 0.453 e. The molecular formula is C12H7F3O3. The number of hydrogen-bond acceptors (Lipinski definition) is 3. The smallest absolute Gasteiger partial charge is 0.387 e. The third-order valence-electron chi connectivity index (χ3n) is 2.19. The van der Waals surface area contributed by atoms with E-state index in [1.807, 2.05) is 0 Å². The highest BCUT2D eigenvalue weighted by molar-refractivity contribution is 5.73. The van der Waals surface area contributed by atoms with Crippen LogP contribution in [0.2, 0.25) is 0 Å². The van der Waals surface area contributed by atoms with Gasteiger partial charge in [-0.05, 0) is 24.3 Å². The summed E-state index contributed by atoms with van der Waals surface area (Å²) in [5.41, 5.74) is -0.0544. The predicted molar refractivity (Wildman–Crippen MR) is 56.1 cm³/mol. The minimum Gasteiger partial charge on any atom is -0.453 e. The predicted octanol–water partition coefficient (Wildman–Crippen LogP) is 3.50. The van der Waals surface area contributed by atoms with Gasteiger partial charge in [-0.1, -0.05) is 6.07 Å². The van der Waals surface area contributed by atoms with E-state index in [9.17, 15) is 18.0 Å². The molecule has 6 heteroatoms. The molecule has 94 valence electrons. The van der Waals surface area contributed by atoms with Crippen molar-refractivity contribution in [3.8, 4) is 17.1 Å². The molecule has 0 bridgehead atoms. The van der Waals surface area contributed by atoms with Crippen LogP contribution >= 0.6 is 0 Å². The summed E-state index contributed by atoms with van der Waals surface area (Å²) in [5.74, 6) is -1.46. The number of halogens is 3. The molecule has 1 heterocycles. The molecule has 0 aliphatic carbocycles. The van der Waals surface area contributed by atoms with Crippen molar-refractivity contribution in [1.29, 1.82) is 0 Å². The molecule has 0 saturated carbocycles. The summed E-state index contributed by atoms with van der Waals surface area (Å²) in [5, 5.41) is 0. The van der Waals surface area contributed by atoms with Gasteiger partial charge >= 0.3 is 6.61 Å². The van der Waals surface area contributed by atoms with Crippen LogP contribution in [0.15, 0.2) is 34.7 Å². The number of aldehydes is 1. The molecule has 1 aromatic heterocycles. The summed E-state index contributed by atoms with van der Waals surface area (Å²) < 4.78 is 46.9. The summed E-state index contributed by atoms with van der Waals surface area (Å²) in [6.07, 6.45) is 0.459. The third-order valence-corrected chi connectivity index (χ3v) is 2.19. The fraction of sp³-hybridized carbons (Fsp3) is 0.0833. The Morgan fingerprint density at radius 3 is 2.61 bits per heavy atom. The van der Waals surface area contributed by atoms with Crippen molar-refractivity contribution in [3.63, 3.8) is 0 Å². The first-order chi connectivity index (χ1) is 8.61. The summed E-state index contributed by atoms with van der Waals surface area (Å²) in [6.45, 7) is -3.11. The highest BCUT2D eigenvalue weighted by atomic mass is 19.3. The normalized spacial score (nSPS) is 10.7. The molecule has 18 heavy (non-hydrogen) atoms. The number of carbonyl (C=O) groups is 1. The van der Waals surface area contributed by atoms with Gasteiger partial charge < -0.3 is 9.15 Å². The molecule has 0 unspecified atom stereocenters. The van der Waals surface area contributed by atoms with Gasteiger partial charge in [-0.15, -0.1) is 0 Å². The van der Waals surface area contributed by atoms with Gasteiger partial charge in [0.15, 0.2) is 23.6 Å². The zero-order chi connectivity index (χ0) is 13.1. The van der Waals surface area contributed by atoms with Crippen molar-refractivity contribution < 1.29 is 27.1 Å². The SMILES string of the molecule is O=Cc1ccc(-c2cccc(OC(F)F)c2F)o1. The molecule has 0 saturated heterocycles. The quantitative estimate of drug-likeness (QED) is 0.786. The molecule has 0 atom stereocenters. The molecular weight excluding hydrogens is 249 g/mol. The molecule has 1 aromatic carbocycles. The van der Waals surface area contributed by atoms with E-state index >= 15 is 0 Å². The Kier molecular flexibility index (Phi) is 3.36. The van der Waals surface area contributed by atoms with Crippen molar-refractivity contribution >= 4 is 6.29 Å². The van der Waals surface area contributed by atoms with E-state index < -0.39 is 18.2 Å². The summed E-state index contributed by atoms with van der Waals surface area (Å²) >= 11 is 0. The molecule has 0 spiro atoms. The number of ether oxygens (including phenoxy) is 1. The van der Waals surface area contributed by atoms with Crippen molar-refractivity contribution in [2.75, 3.05) is 0 Å². The highest BCUT2D eigenvalue weighted by Crippen LogP contribution is 2.30. The zero-order valence-corrected chi connectivity index (χ0v) is 8.90. The van der Waals surface area contributed by atoms with Gasteiger partial charge in [0, 0.05) is 0 Å². The average molecular weight is 256 g/mol. The Morgan fingerprint density at radius 2 is 2.00 bits per heavy atom. The maximum Gasteiger partial charge on any atom is 0.387 e. The number of hydrogen-bond donors (Lipinski definition) is 0. The lowest BCUT2D eigenvalue weighted by molar-refractivity contribution is -0.0521. The Bertz CT molecular complexity index is 563. The van der Waals surface area contributed by atoms with Gasteiger partial charge in [-0.3, -0.25) is 4.79 Å². The molecule has 0 aliphatic heterocycles. The van der Waals surface area contributed by atoms with Gasteiger partial charge in [0.2, 0.25) is 0 Å². The monoisotopic (exact) mass is 256 g/mol. The second-order valence-corrected chi connectivity index (χ2v) is 3.32. The van der Waals surface area contributed by atoms with Crippen molar-refractivity contribution in [2.24, 2.45) is 0 Å². The van der Waals surface area contributed by atoms with Crippen LogP contribution in [0.4, 0.5) is 13.2 Å². The average Bonchev–Trinajstić information content (AvgIpc) is 2.80. The van der Waals surface area contributed by atoms with Gasteiger partial charge in [0.1, 0.15) is 5.76 Å². The minimum atomic E-state index is -3.11. The molecule has 0 amide bonds. The Balaban J connectivity index is 2.41. The van der Waals surface area contributed by atoms with Crippen LogP contribution in [0.5, 0.6) is 5.75 Å². The van der Waals surface area contributed by atoms with Crippen molar-refractivity contribution in [3.05, 3.63) is 41.9 Å². The molecule has 2 rings (SSSR count). The number of furan rings is 1. The van der Waals surface area contributed by atoms with Gasteiger partial charge in [-0.25, -0.2) is 4.39 Å². The van der Waals surface area contributed by atoms with E-state index in [2.05, 4.69) is 4.74 Å². The highest BCUT2D eigenvalue weighted by Gasteiger charge is 2.16. The Morgan fingerprint density at radius 1 is 1.22 bits per heavy atom. The topological polar surface area (TPSA) is 39.4 Å². The summed E-state index contributed by atoms with van der Waals surface area (Å²) in [6, 6.07) is 6.48. The zero-order valence-electron chi connectivity index (χ0n) is 8.90. The second kappa shape index (κ2) is 4.95. The van der Waals surface area contributed by atoms with E-state index in [4.69, 9.17) is 4.42 Å². The van der Waals surface area contributed by atoms with E-state index in [1.165, 1.54) is 24.3 Å². The standard InChI is InChI=1S/C12H7F3O3/c13-11-8(9-5-4-7(6-16)17-9)2-1-3-10(11)18-12(14)15/h1-6,12H. The van der Waals surface area contributed by atoms with Crippen LogP contribution in [-0.4, -0.2) is 12.9 Å². The van der Waals surface area contributed by atoms with Crippen LogP contribution in [0.3, 0.4) is 0 Å². The van der Waals surface area contributed by atoms with E-state index in [-0.39, 0.29) is 17.1 Å². The van der Waals surface area contributed by atoms with Crippen LogP contribution < -0.4 is 4.74 Å².